The van der Waals surface area contributed by atoms with Crippen LogP contribution >= 0.6 is 0 Å². The summed E-state index contributed by atoms with van der Waals surface area (Å²) in [6.45, 7) is 5.21. The second kappa shape index (κ2) is 25.4. The van der Waals surface area contributed by atoms with Gasteiger partial charge < -0.3 is 144 Å². The van der Waals surface area contributed by atoms with Crippen LogP contribution < -0.4 is 0 Å². The van der Waals surface area contributed by atoms with E-state index in [1.165, 1.54) is 0 Å². The standard InChI is InChI=1S/C56H92O29/c1-19-7-10-56(75-17-19)20(2)31-45(85-56)37(67)32-22-6-5-21-11-26(24(61)12-55(21,4)23(22)8-9-54(31,32)3)76-50-42(72)39(69)44(30(16-60)80-50)81-53-48(47(36(66)29(15-59)79-53)83-49-40(70)33(63)25(62)18-74-49)84-52-43(73)46(35(65)28(14-58)78-52)82-51-41(71)38(68)34(64)27(13-57)77-51/h19-53,57-73H,5-18H2,1-4H3/t19-,20+,21+,22-,23+,24-,25-,26-,27-,28-,29-,30-,31?,32+,33+,34+,35+,36-,37+,38-,39+,40-,41-,42-,43-,44-,45-,46+,47+,48-,49+,50+,51+,52+,53+,54-,55+,56+/m1/s1. The third-order valence-electron chi connectivity index (χ3n) is 22.2. The number of aliphatic hydroxyl groups is 17. The van der Waals surface area contributed by atoms with Crippen molar-refractivity contribution in [1.82, 2.24) is 0 Å². The summed E-state index contributed by atoms with van der Waals surface area (Å²) in [4.78, 5) is 0. The smallest absolute Gasteiger partial charge is 0.187 e. The van der Waals surface area contributed by atoms with Gasteiger partial charge in [0.05, 0.1) is 64.1 Å². The molecule has 0 amide bonds. The molecule has 29 nitrogen and oxygen atoms in total. The predicted molar refractivity (Wildman–Crippen MR) is 278 cm³/mol. The van der Waals surface area contributed by atoms with Gasteiger partial charge in [-0.15, -0.1) is 0 Å². The molecule has 17 N–H and O–H groups in total. The molecule has 1 spiro atoms. The Morgan fingerprint density at radius 3 is 1.67 bits per heavy atom. The predicted octanol–water partition coefficient (Wildman–Crippen LogP) is -6.50. The molecule has 0 radical (unpaired) electrons. The molecular formula is C56H92O29. The highest BCUT2D eigenvalue weighted by Gasteiger charge is 2.73. The van der Waals surface area contributed by atoms with E-state index in [1.54, 1.807) is 0 Å². The first-order chi connectivity index (χ1) is 40.3. The molecule has 1 unspecified atom stereocenters. The van der Waals surface area contributed by atoms with Gasteiger partial charge in [-0.25, -0.2) is 0 Å². The number of rotatable bonds is 14. The van der Waals surface area contributed by atoms with Crippen LogP contribution in [0.1, 0.15) is 79.1 Å². The number of hydrogen-bond donors (Lipinski definition) is 17. The van der Waals surface area contributed by atoms with Gasteiger partial charge in [0.2, 0.25) is 0 Å². The van der Waals surface area contributed by atoms with Crippen molar-refractivity contribution < 1.29 is 144 Å². The Labute approximate surface area is 491 Å². The lowest BCUT2D eigenvalue weighted by atomic mass is 9.44. The van der Waals surface area contributed by atoms with E-state index in [4.69, 9.17) is 56.8 Å². The summed E-state index contributed by atoms with van der Waals surface area (Å²) in [5, 5.41) is 188. The van der Waals surface area contributed by atoms with Gasteiger partial charge in [0.15, 0.2) is 37.2 Å². The molecule has 7 saturated heterocycles. The molecule has 4 saturated carbocycles. The van der Waals surface area contributed by atoms with Crippen LogP contribution in [0.15, 0.2) is 0 Å². The first-order valence-electron chi connectivity index (χ1n) is 30.5. The summed E-state index contributed by atoms with van der Waals surface area (Å²) in [5.74, 6) is 0.388. The van der Waals surface area contributed by atoms with Crippen LogP contribution in [-0.2, 0) is 56.8 Å². The maximum atomic E-state index is 12.3. The average Bonchev–Trinajstić information content (AvgIpc) is 1.60. The zero-order valence-corrected chi connectivity index (χ0v) is 48.1. The van der Waals surface area contributed by atoms with Gasteiger partial charge in [-0.2, -0.15) is 0 Å². The van der Waals surface area contributed by atoms with Crippen molar-refractivity contribution in [3.63, 3.8) is 0 Å². The van der Waals surface area contributed by atoms with Crippen molar-refractivity contribution in [2.24, 2.45) is 52.3 Å². The SMILES string of the molecule is C[C@@H]1CC[C@]2(OC1)O[C@@H]1C([C@@H]2C)[C@@]2(C)CC[C@H]3[C@@H](CC[C@H]4C[C@@H](O[C@H]5O[C@H](CO)[C@@H](O[C@@H]6O[C@H](CO)[C@@H](O)[C@H](O[C@@H]7OC[C@@H](O)[C@H](O)[C@H]7O)[C@H]6O[C@@H]6O[C@H](CO)[C@H](O)[C@H](O[C@@H]7O[C@H](CO)[C@H](O)[C@@H](O)[C@H]7O)[C@H]6O)[C@@H](O)[C@H]5O)[C@H](O)C[C@@]43C)[C@H]2[C@@H]1O. The number of fused-ring (bicyclic) bond motifs is 7. The zero-order chi connectivity index (χ0) is 61.1. The molecule has 490 valence electrons. The van der Waals surface area contributed by atoms with Crippen molar-refractivity contribution in [3.8, 4) is 0 Å². The third kappa shape index (κ3) is 11.3. The molecule has 0 aromatic heterocycles. The molecule has 0 bridgehead atoms. The monoisotopic (exact) mass is 1230 g/mol. The molecule has 0 aromatic rings. The first-order valence-corrected chi connectivity index (χ1v) is 30.5. The van der Waals surface area contributed by atoms with Crippen LogP contribution in [0.4, 0.5) is 0 Å². The molecule has 0 aromatic carbocycles. The van der Waals surface area contributed by atoms with Crippen LogP contribution in [0.3, 0.4) is 0 Å². The molecule has 85 heavy (non-hydrogen) atoms. The van der Waals surface area contributed by atoms with E-state index in [1.807, 2.05) is 0 Å². The summed E-state index contributed by atoms with van der Waals surface area (Å²) in [6, 6.07) is 0. The first kappa shape index (κ1) is 65.3. The van der Waals surface area contributed by atoms with Crippen LogP contribution in [0, 0.1) is 52.3 Å². The molecule has 11 aliphatic rings. The fourth-order valence-electron chi connectivity index (χ4n) is 17.4. The highest BCUT2D eigenvalue weighted by molar-refractivity contribution is 5.19. The van der Waals surface area contributed by atoms with Gasteiger partial charge in [0.1, 0.15) is 116 Å². The summed E-state index contributed by atoms with van der Waals surface area (Å²) in [5.41, 5.74) is -0.531. The topological polar surface area (TPSA) is 455 Å². The summed E-state index contributed by atoms with van der Waals surface area (Å²) in [7, 11) is 0. The lowest BCUT2D eigenvalue weighted by molar-refractivity contribution is -0.410. The number of ether oxygens (including phenoxy) is 12. The molecule has 7 heterocycles. The minimum Gasteiger partial charge on any atom is -0.394 e. The van der Waals surface area contributed by atoms with Gasteiger partial charge in [-0.05, 0) is 85.4 Å². The maximum Gasteiger partial charge on any atom is 0.187 e. The van der Waals surface area contributed by atoms with Crippen molar-refractivity contribution >= 4 is 0 Å². The highest BCUT2D eigenvalue weighted by Crippen LogP contribution is 2.71. The number of hydrogen-bond acceptors (Lipinski definition) is 29. The van der Waals surface area contributed by atoms with E-state index >= 15 is 0 Å². The maximum absolute atomic E-state index is 12.3. The molecule has 11 fully saturated rings. The second-order valence-corrected chi connectivity index (χ2v) is 26.9. The molecular weight excluding hydrogens is 1140 g/mol. The van der Waals surface area contributed by atoms with E-state index < -0.39 is 205 Å². The van der Waals surface area contributed by atoms with Crippen LogP contribution in [0.25, 0.3) is 0 Å². The lowest BCUT2D eigenvalue weighted by Crippen LogP contribution is -2.69. The minimum absolute atomic E-state index is 0.00749. The largest absolute Gasteiger partial charge is 0.394 e. The van der Waals surface area contributed by atoms with E-state index in [2.05, 4.69) is 27.7 Å². The Hall–Kier alpha value is -1.16. The average molecular weight is 1230 g/mol. The van der Waals surface area contributed by atoms with E-state index in [9.17, 15) is 86.8 Å². The molecule has 4 aliphatic carbocycles. The second-order valence-electron chi connectivity index (χ2n) is 26.9. The summed E-state index contributed by atoms with van der Waals surface area (Å²) >= 11 is 0. The summed E-state index contributed by atoms with van der Waals surface area (Å²) in [6.07, 6.45) is -42.5. The van der Waals surface area contributed by atoms with Crippen molar-refractivity contribution in [2.75, 3.05) is 39.6 Å². The normalized spacial score (nSPS) is 58.1. The van der Waals surface area contributed by atoms with Crippen LogP contribution in [-0.4, -0.2) is 304 Å². The lowest BCUT2D eigenvalue weighted by Gasteiger charge is -2.62. The van der Waals surface area contributed by atoms with E-state index in [0.717, 1.165) is 38.5 Å². The fraction of sp³-hybridized carbons (Fsp3) is 1.00. The minimum atomic E-state index is -2.21. The highest BCUT2D eigenvalue weighted by atomic mass is 16.8. The van der Waals surface area contributed by atoms with Crippen molar-refractivity contribution in [1.29, 1.82) is 0 Å². The van der Waals surface area contributed by atoms with Crippen molar-refractivity contribution in [2.45, 2.75) is 257 Å². The number of aliphatic hydroxyl groups excluding tert-OH is 17. The molecule has 29 heteroatoms. The summed E-state index contributed by atoms with van der Waals surface area (Å²) < 4.78 is 72.8. The fourth-order valence-corrected chi connectivity index (χ4v) is 17.4. The van der Waals surface area contributed by atoms with Gasteiger partial charge in [-0.3, -0.25) is 0 Å². The quantitative estimate of drug-likeness (QED) is 0.0719. The molecule has 7 aliphatic heterocycles. The van der Waals surface area contributed by atoms with Crippen LogP contribution in [0.5, 0.6) is 0 Å². The van der Waals surface area contributed by atoms with Gasteiger partial charge in [0, 0.05) is 18.3 Å². The van der Waals surface area contributed by atoms with E-state index in [0.29, 0.717) is 25.4 Å². The van der Waals surface area contributed by atoms with Crippen LogP contribution in [0.2, 0.25) is 0 Å². The van der Waals surface area contributed by atoms with E-state index in [-0.39, 0.29) is 52.4 Å². The van der Waals surface area contributed by atoms with Crippen molar-refractivity contribution in [3.05, 3.63) is 0 Å². The van der Waals surface area contributed by atoms with Gasteiger partial charge in [0.25, 0.3) is 0 Å². The Bertz CT molecular complexity index is 2220. The third-order valence-corrected chi connectivity index (χ3v) is 22.2. The van der Waals surface area contributed by atoms with Gasteiger partial charge in [-0.1, -0.05) is 27.7 Å². The zero-order valence-electron chi connectivity index (χ0n) is 48.1. The Kier molecular flexibility index (Phi) is 19.5. The molecule has 38 atom stereocenters. The Balaban J connectivity index is 0.797. The molecule has 11 rings (SSSR count). The van der Waals surface area contributed by atoms with Gasteiger partial charge >= 0.3 is 0 Å². The Morgan fingerprint density at radius 1 is 0.447 bits per heavy atom. The Morgan fingerprint density at radius 2 is 1.01 bits per heavy atom.